The van der Waals surface area contributed by atoms with Crippen molar-refractivity contribution in [1.82, 2.24) is 16.0 Å². The summed E-state index contributed by atoms with van der Waals surface area (Å²) >= 11 is 0. The average molecular weight is 339 g/mol. The summed E-state index contributed by atoms with van der Waals surface area (Å²) < 4.78 is 27.0. The number of hydrogen-bond acceptors (Lipinski definition) is 3. The van der Waals surface area contributed by atoms with Gasteiger partial charge in [0.25, 0.3) is 0 Å². The Morgan fingerprint density at radius 3 is 2.79 bits per heavy atom. The fourth-order valence-electron chi connectivity index (χ4n) is 2.90. The second-order valence-corrected chi connectivity index (χ2v) is 6.12. The van der Waals surface area contributed by atoms with Crippen LogP contribution in [0.4, 0.5) is 8.78 Å². The lowest BCUT2D eigenvalue weighted by atomic mass is 10.0. The first-order chi connectivity index (χ1) is 11.5. The van der Waals surface area contributed by atoms with E-state index in [1.165, 1.54) is 13.0 Å². The molecule has 2 unspecified atom stereocenters. The summed E-state index contributed by atoms with van der Waals surface area (Å²) in [6.45, 7) is 3.81. The molecule has 1 saturated heterocycles. The molecule has 132 valence electrons. The van der Waals surface area contributed by atoms with E-state index in [0.29, 0.717) is 12.5 Å². The van der Waals surface area contributed by atoms with Gasteiger partial charge in [0.2, 0.25) is 11.8 Å². The van der Waals surface area contributed by atoms with Crippen LogP contribution in [-0.4, -0.2) is 31.4 Å². The van der Waals surface area contributed by atoms with Crippen molar-refractivity contribution in [3.8, 4) is 0 Å². The summed E-state index contributed by atoms with van der Waals surface area (Å²) in [5.41, 5.74) is 0.0988. The molecule has 2 amide bonds. The number of carbonyl (C=O) groups excluding carboxylic acids is 2. The topological polar surface area (TPSA) is 70.2 Å². The van der Waals surface area contributed by atoms with Gasteiger partial charge in [0.1, 0.15) is 11.6 Å². The Balaban J connectivity index is 1.92. The van der Waals surface area contributed by atoms with Crippen LogP contribution in [0.3, 0.4) is 0 Å². The van der Waals surface area contributed by atoms with Crippen LogP contribution in [0.15, 0.2) is 18.2 Å². The predicted octanol–water partition coefficient (Wildman–Crippen LogP) is 1.65. The summed E-state index contributed by atoms with van der Waals surface area (Å²) in [6, 6.07) is 2.28. The van der Waals surface area contributed by atoms with Crippen LogP contribution in [0.25, 0.3) is 0 Å². The molecule has 1 aliphatic rings. The summed E-state index contributed by atoms with van der Waals surface area (Å²) in [5.74, 6) is -1.57. The maximum Gasteiger partial charge on any atom is 0.222 e. The molecule has 0 saturated carbocycles. The van der Waals surface area contributed by atoms with Gasteiger partial charge < -0.3 is 16.0 Å². The number of hydrogen-bond donors (Lipinski definition) is 3. The summed E-state index contributed by atoms with van der Waals surface area (Å²) in [4.78, 5) is 23.4. The molecule has 0 spiro atoms. The Morgan fingerprint density at radius 1 is 1.38 bits per heavy atom. The van der Waals surface area contributed by atoms with E-state index in [1.807, 2.05) is 0 Å². The lowest BCUT2D eigenvalue weighted by molar-refractivity contribution is -0.122. The van der Waals surface area contributed by atoms with Crippen LogP contribution >= 0.6 is 0 Å². The minimum atomic E-state index is -0.823. The van der Waals surface area contributed by atoms with Gasteiger partial charge in [0.15, 0.2) is 0 Å². The van der Waals surface area contributed by atoms with E-state index in [9.17, 15) is 18.4 Å². The molecule has 24 heavy (non-hydrogen) atoms. The van der Waals surface area contributed by atoms with Crippen molar-refractivity contribution >= 4 is 11.8 Å². The maximum absolute atomic E-state index is 13.9. The molecule has 2 rings (SSSR count). The van der Waals surface area contributed by atoms with Crippen molar-refractivity contribution in [2.75, 3.05) is 19.6 Å². The van der Waals surface area contributed by atoms with Crippen LogP contribution in [0.1, 0.15) is 37.8 Å². The zero-order valence-corrected chi connectivity index (χ0v) is 13.7. The normalized spacial score (nSPS) is 18.2. The lowest BCUT2D eigenvalue weighted by Crippen LogP contribution is -2.34. The molecule has 0 aliphatic carbocycles. The molecule has 0 bridgehead atoms. The fraction of sp³-hybridized carbons (Fsp3) is 0.529. The first kappa shape index (κ1) is 18.3. The van der Waals surface area contributed by atoms with Gasteiger partial charge in [-0.15, -0.1) is 0 Å². The van der Waals surface area contributed by atoms with Crippen molar-refractivity contribution in [2.24, 2.45) is 5.92 Å². The molecule has 7 heteroatoms. The molecule has 1 aromatic carbocycles. The predicted molar refractivity (Wildman–Crippen MR) is 86.1 cm³/mol. The number of carbonyl (C=O) groups is 2. The highest BCUT2D eigenvalue weighted by Gasteiger charge is 2.21. The Bertz CT molecular complexity index is 589. The third kappa shape index (κ3) is 5.56. The molecule has 5 nitrogen and oxygen atoms in total. The van der Waals surface area contributed by atoms with Crippen molar-refractivity contribution in [2.45, 2.75) is 32.2 Å². The van der Waals surface area contributed by atoms with Gasteiger partial charge in [-0.25, -0.2) is 8.78 Å². The largest absolute Gasteiger partial charge is 0.356 e. The zero-order chi connectivity index (χ0) is 17.5. The first-order valence-electron chi connectivity index (χ1n) is 8.15. The molecule has 0 radical (unpaired) electrons. The minimum Gasteiger partial charge on any atom is -0.356 e. The monoisotopic (exact) mass is 339 g/mol. The van der Waals surface area contributed by atoms with Gasteiger partial charge in [0, 0.05) is 25.1 Å². The maximum atomic E-state index is 13.9. The number of amides is 2. The molecule has 0 aromatic heterocycles. The average Bonchev–Trinajstić information content (AvgIpc) is 2.99. The van der Waals surface area contributed by atoms with E-state index >= 15 is 0 Å². The van der Waals surface area contributed by atoms with Crippen LogP contribution < -0.4 is 16.0 Å². The summed E-state index contributed by atoms with van der Waals surface area (Å²) in [7, 11) is 0. The number of benzene rings is 1. The Kier molecular flexibility index (Phi) is 6.66. The minimum absolute atomic E-state index is 0.0922. The lowest BCUT2D eigenvalue weighted by Gasteiger charge is -2.19. The molecule has 1 fully saturated rings. The van der Waals surface area contributed by atoms with Crippen LogP contribution in [0.5, 0.6) is 0 Å². The smallest absolute Gasteiger partial charge is 0.222 e. The Labute approximate surface area is 140 Å². The number of nitrogens with one attached hydrogen (secondary N) is 3. The quantitative estimate of drug-likeness (QED) is 0.707. The molecular weight excluding hydrogens is 316 g/mol. The van der Waals surface area contributed by atoms with Crippen LogP contribution in [-0.2, 0) is 9.59 Å². The van der Waals surface area contributed by atoms with Crippen LogP contribution in [0, 0.1) is 17.6 Å². The van der Waals surface area contributed by atoms with Crippen molar-refractivity contribution in [3.05, 3.63) is 35.4 Å². The van der Waals surface area contributed by atoms with E-state index < -0.39 is 17.7 Å². The van der Waals surface area contributed by atoms with E-state index in [2.05, 4.69) is 16.0 Å². The molecule has 1 heterocycles. The highest BCUT2D eigenvalue weighted by Crippen LogP contribution is 2.21. The number of halogens is 2. The molecule has 1 aliphatic heterocycles. The van der Waals surface area contributed by atoms with E-state index in [0.717, 1.165) is 38.1 Å². The van der Waals surface area contributed by atoms with E-state index in [-0.39, 0.29) is 23.8 Å². The van der Waals surface area contributed by atoms with Gasteiger partial charge in [-0.2, -0.15) is 0 Å². The standard InChI is InChI=1S/C17H23F2N3O2/c1-11(23)22-16(14-3-2-13(18)8-15(14)19)9-17(24)21-7-5-12-4-6-20-10-12/h2-3,8,12,16,20H,4-7,9-10H2,1H3,(H,21,24)(H,22,23). The Morgan fingerprint density at radius 2 is 2.17 bits per heavy atom. The van der Waals surface area contributed by atoms with Crippen LogP contribution in [0.2, 0.25) is 0 Å². The van der Waals surface area contributed by atoms with Gasteiger partial charge >= 0.3 is 0 Å². The number of rotatable bonds is 7. The third-order valence-electron chi connectivity index (χ3n) is 4.14. The second-order valence-electron chi connectivity index (χ2n) is 6.12. The second kappa shape index (κ2) is 8.73. The summed E-state index contributed by atoms with van der Waals surface area (Å²) in [5, 5.41) is 8.61. The third-order valence-corrected chi connectivity index (χ3v) is 4.14. The van der Waals surface area contributed by atoms with Crippen molar-refractivity contribution in [1.29, 1.82) is 0 Å². The fourth-order valence-corrected chi connectivity index (χ4v) is 2.90. The SMILES string of the molecule is CC(=O)NC(CC(=O)NCCC1CCNC1)c1ccc(F)cc1F. The molecular formula is C17H23F2N3O2. The van der Waals surface area contributed by atoms with Gasteiger partial charge in [-0.3, -0.25) is 9.59 Å². The Hall–Kier alpha value is -2.02. The van der Waals surface area contributed by atoms with Crippen molar-refractivity contribution in [3.63, 3.8) is 0 Å². The van der Waals surface area contributed by atoms with E-state index in [1.54, 1.807) is 0 Å². The highest BCUT2D eigenvalue weighted by molar-refractivity contribution is 5.79. The van der Waals surface area contributed by atoms with E-state index in [4.69, 9.17) is 0 Å². The zero-order valence-electron chi connectivity index (χ0n) is 13.7. The van der Waals surface area contributed by atoms with Crippen molar-refractivity contribution < 1.29 is 18.4 Å². The summed E-state index contributed by atoms with van der Waals surface area (Å²) in [6.07, 6.45) is 1.89. The molecule has 2 atom stereocenters. The highest BCUT2D eigenvalue weighted by atomic mass is 19.1. The first-order valence-corrected chi connectivity index (χ1v) is 8.15. The van der Waals surface area contributed by atoms with Gasteiger partial charge in [0.05, 0.1) is 12.5 Å². The molecule has 3 N–H and O–H groups in total. The van der Waals surface area contributed by atoms with Gasteiger partial charge in [-0.1, -0.05) is 6.07 Å². The molecule has 1 aromatic rings. The van der Waals surface area contributed by atoms with Gasteiger partial charge in [-0.05, 0) is 37.9 Å².